The van der Waals surface area contributed by atoms with E-state index in [0.717, 1.165) is 41.0 Å². The van der Waals surface area contributed by atoms with Crippen LogP contribution in [0.15, 0.2) is 42.6 Å². The van der Waals surface area contributed by atoms with Crippen LogP contribution in [0.2, 0.25) is 0 Å². The Morgan fingerprint density at radius 2 is 1.89 bits per heavy atom. The van der Waals surface area contributed by atoms with Gasteiger partial charge in [-0.15, -0.1) is 0 Å². The molecule has 0 radical (unpaired) electrons. The van der Waals surface area contributed by atoms with Crippen molar-refractivity contribution in [2.45, 2.75) is 52.6 Å². The maximum absolute atomic E-state index is 15.1. The zero-order valence-corrected chi connectivity index (χ0v) is 22.4. The van der Waals surface area contributed by atoms with E-state index in [1.165, 1.54) is 21.8 Å². The fourth-order valence-electron chi connectivity index (χ4n) is 5.13. The average molecular weight is 586 g/mol. The molecule has 1 aliphatic rings. The van der Waals surface area contributed by atoms with Crippen molar-refractivity contribution in [1.29, 1.82) is 0 Å². The van der Waals surface area contributed by atoms with Gasteiger partial charge in [0.05, 0.1) is 28.1 Å². The van der Waals surface area contributed by atoms with Crippen LogP contribution < -0.4 is 5.32 Å². The van der Waals surface area contributed by atoms with E-state index in [2.05, 4.69) is 55.9 Å². The van der Waals surface area contributed by atoms with Crippen LogP contribution in [0.5, 0.6) is 0 Å². The predicted octanol–water partition coefficient (Wildman–Crippen LogP) is 6.47. The largest absolute Gasteiger partial charge is 0.438 e. The van der Waals surface area contributed by atoms with Crippen molar-refractivity contribution in [2.24, 2.45) is 0 Å². The fourth-order valence-corrected chi connectivity index (χ4v) is 5.40. The minimum absolute atomic E-state index is 0.187. The van der Waals surface area contributed by atoms with Gasteiger partial charge >= 0.3 is 6.09 Å². The van der Waals surface area contributed by atoms with Gasteiger partial charge in [-0.1, -0.05) is 32.0 Å². The lowest BCUT2D eigenvalue weighted by Gasteiger charge is -2.20. The summed E-state index contributed by atoms with van der Waals surface area (Å²) in [6.07, 6.45) is 2.71. The summed E-state index contributed by atoms with van der Waals surface area (Å²) in [5.41, 5.74) is 7.26. The number of carbonyl (C=O) groups excluding carboxylic acids is 1. The molecule has 3 heterocycles. The molecule has 8 heteroatoms. The molecule has 4 aromatic rings. The summed E-state index contributed by atoms with van der Waals surface area (Å²) >= 11 is 1.95. The summed E-state index contributed by atoms with van der Waals surface area (Å²) in [5, 5.41) is 9.38. The summed E-state index contributed by atoms with van der Waals surface area (Å²) in [4.78, 5) is 12.5. The number of nitrogens with one attached hydrogen (secondary N) is 1. The van der Waals surface area contributed by atoms with Crippen molar-refractivity contribution >= 4 is 39.6 Å². The number of ether oxygens (including phenoxy) is 1. The van der Waals surface area contributed by atoms with Crippen molar-refractivity contribution in [3.8, 4) is 16.9 Å². The molecule has 0 saturated carbocycles. The van der Waals surface area contributed by atoms with Crippen molar-refractivity contribution in [2.75, 3.05) is 4.61 Å². The number of nitrogens with zero attached hydrogens (tertiary/aromatic N) is 3. The minimum Gasteiger partial charge on any atom is -0.438 e. The molecule has 6 nitrogen and oxygen atoms in total. The summed E-state index contributed by atoms with van der Waals surface area (Å²) in [6, 6.07) is 11.4. The van der Waals surface area contributed by atoms with Gasteiger partial charge in [-0.05, 0) is 78.6 Å². The van der Waals surface area contributed by atoms with Crippen molar-refractivity contribution in [3.05, 3.63) is 70.8 Å². The Labute approximate surface area is 217 Å². The maximum Gasteiger partial charge on any atom is 0.419 e. The Hall–Kier alpha value is -2.72. The number of benzene rings is 2. The van der Waals surface area contributed by atoms with Crippen LogP contribution in [0.25, 0.3) is 27.8 Å². The highest BCUT2D eigenvalue weighted by atomic mass is 127. The van der Waals surface area contributed by atoms with E-state index in [-0.39, 0.29) is 15.7 Å². The summed E-state index contributed by atoms with van der Waals surface area (Å²) < 4.78 is 23.7. The van der Waals surface area contributed by atoms with E-state index in [0.29, 0.717) is 11.9 Å². The molecule has 2 aromatic heterocycles. The zero-order valence-electron chi connectivity index (χ0n) is 20.3. The number of fused-ring (bicyclic) bond motifs is 2. The van der Waals surface area contributed by atoms with Gasteiger partial charge in [-0.25, -0.2) is 18.4 Å². The van der Waals surface area contributed by atoms with Gasteiger partial charge in [0.25, 0.3) is 0 Å². The van der Waals surface area contributed by atoms with Gasteiger partial charge in [0, 0.05) is 29.3 Å². The van der Waals surface area contributed by atoms with Gasteiger partial charge < -0.3 is 10.1 Å². The molecular formula is C27H28FIN4O2. The number of alkyl halides is 1. The number of hydrogen-bond donors (Lipinski definition) is 1. The second-order valence-corrected chi connectivity index (χ2v) is 9.88. The normalized spacial score (nSPS) is 14.5. The molecule has 0 atom stereocenters. The van der Waals surface area contributed by atoms with Crippen LogP contribution in [-0.2, 0) is 29.7 Å². The number of hydrogen-bond acceptors (Lipinski definition) is 4. The van der Waals surface area contributed by atoms with Crippen molar-refractivity contribution in [1.82, 2.24) is 19.7 Å². The molecule has 182 valence electrons. The summed E-state index contributed by atoms with van der Waals surface area (Å²) in [6.45, 7) is 9.21. The molecule has 0 amide bonds. The lowest BCUT2D eigenvalue weighted by Crippen LogP contribution is -2.30. The first kappa shape index (κ1) is 24.0. The Kier molecular flexibility index (Phi) is 6.21. The highest BCUT2D eigenvalue weighted by Gasteiger charge is 2.37. The SMILES string of the molecule is CCc1cccc(CC)c1-n1nc2c(c1-c1ccc(F)c3c1ccn3C(=O)OCI)CNC2(C)C. The monoisotopic (exact) mass is 586 g/mol. The molecule has 1 N–H and O–H groups in total. The molecule has 5 rings (SSSR count). The Morgan fingerprint density at radius 3 is 2.54 bits per heavy atom. The summed E-state index contributed by atoms with van der Waals surface area (Å²) in [7, 11) is 0. The third-order valence-corrected chi connectivity index (χ3v) is 7.20. The Bertz CT molecular complexity index is 1430. The minimum atomic E-state index is -0.600. The van der Waals surface area contributed by atoms with Crippen molar-refractivity contribution < 1.29 is 13.9 Å². The molecule has 35 heavy (non-hydrogen) atoms. The highest BCUT2D eigenvalue weighted by Crippen LogP contribution is 2.42. The van der Waals surface area contributed by atoms with E-state index in [1.54, 1.807) is 18.3 Å². The molecule has 0 fully saturated rings. The van der Waals surface area contributed by atoms with Crippen LogP contribution in [0, 0.1) is 5.82 Å². The molecule has 0 bridgehead atoms. The predicted molar refractivity (Wildman–Crippen MR) is 144 cm³/mol. The Morgan fingerprint density at radius 1 is 1.17 bits per heavy atom. The standard InChI is InChI=1S/C27H28FIN4O2/c1-5-16-8-7-9-17(6-2)22(16)33-23(20-14-30-27(3,4)25(20)31-33)18-10-11-21(28)24-19(18)12-13-32(24)26(34)35-15-29/h7-13,30H,5-6,14-15H2,1-4H3. The second kappa shape index (κ2) is 9.05. The number of carbonyl (C=O) groups is 1. The van der Waals surface area contributed by atoms with E-state index < -0.39 is 11.9 Å². The maximum atomic E-state index is 15.1. The van der Waals surface area contributed by atoms with Crippen LogP contribution >= 0.6 is 22.6 Å². The first-order chi connectivity index (χ1) is 16.8. The molecule has 0 aliphatic carbocycles. The molecule has 2 aromatic carbocycles. The van der Waals surface area contributed by atoms with Crippen LogP contribution in [0.3, 0.4) is 0 Å². The lowest BCUT2D eigenvalue weighted by atomic mass is 9.97. The third kappa shape index (κ3) is 3.78. The lowest BCUT2D eigenvalue weighted by molar-refractivity contribution is 0.171. The molecule has 0 unspecified atom stereocenters. The highest BCUT2D eigenvalue weighted by molar-refractivity contribution is 14.1. The van der Waals surface area contributed by atoms with Gasteiger partial charge in [0.2, 0.25) is 0 Å². The first-order valence-electron chi connectivity index (χ1n) is 11.8. The topological polar surface area (TPSA) is 61.1 Å². The third-order valence-electron chi connectivity index (χ3n) is 6.89. The molecule has 1 aliphatic heterocycles. The first-order valence-corrected chi connectivity index (χ1v) is 13.4. The van der Waals surface area contributed by atoms with Gasteiger partial charge in [0.1, 0.15) is 10.4 Å². The van der Waals surface area contributed by atoms with E-state index in [4.69, 9.17) is 9.84 Å². The van der Waals surface area contributed by atoms with Crippen molar-refractivity contribution in [3.63, 3.8) is 0 Å². The average Bonchev–Trinajstić information content (AvgIpc) is 3.53. The fraction of sp³-hybridized carbons (Fsp3) is 0.333. The summed E-state index contributed by atoms with van der Waals surface area (Å²) in [5.74, 6) is -0.469. The number of para-hydroxylation sites is 1. The number of aromatic nitrogens is 3. The second-order valence-electron chi connectivity index (χ2n) is 9.26. The van der Waals surface area contributed by atoms with Crippen LogP contribution in [0.1, 0.15) is 50.1 Å². The molecule has 0 saturated heterocycles. The molecule has 0 spiro atoms. The number of rotatable bonds is 5. The van der Waals surface area contributed by atoms with E-state index >= 15 is 4.39 Å². The van der Waals surface area contributed by atoms with Gasteiger partial charge in [-0.3, -0.25) is 0 Å². The quantitative estimate of drug-likeness (QED) is 0.215. The van der Waals surface area contributed by atoms with Crippen LogP contribution in [0.4, 0.5) is 9.18 Å². The molecular weight excluding hydrogens is 558 g/mol. The van der Waals surface area contributed by atoms with Gasteiger partial charge in [0.15, 0.2) is 0 Å². The Balaban J connectivity index is 1.85. The zero-order chi connectivity index (χ0) is 24.9. The van der Waals surface area contributed by atoms with Crippen LogP contribution in [-0.4, -0.2) is 25.1 Å². The van der Waals surface area contributed by atoms with Gasteiger partial charge in [-0.2, -0.15) is 5.10 Å². The number of halogens is 2. The smallest absolute Gasteiger partial charge is 0.419 e. The van der Waals surface area contributed by atoms with E-state index in [9.17, 15) is 4.79 Å². The van der Waals surface area contributed by atoms with E-state index in [1.807, 2.05) is 22.6 Å². The number of aryl methyl sites for hydroxylation is 2.